The molecule has 2 aromatic rings. The number of nitrogens with zero attached hydrogens (tertiary/aromatic N) is 1. The van der Waals surface area contributed by atoms with Crippen molar-refractivity contribution in [2.45, 2.75) is 39.7 Å². The van der Waals surface area contributed by atoms with Crippen molar-refractivity contribution >= 4 is 11.7 Å². The second-order valence-corrected chi connectivity index (χ2v) is 6.17. The minimum Gasteiger partial charge on any atom is -0.497 e. The maximum atomic E-state index is 12.7. The Bertz CT molecular complexity index is 683. The number of hydrogen-bond acceptors (Lipinski definition) is 2. The van der Waals surface area contributed by atoms with Crippen LogP contribution in [0, 0.1) is 0 Å². The fraction of sp³-hybridized carbons (Fsp3) is 0.381. The summed E-state index contributed by atoms with van der Waals surface area (Å²) in [6, 6.07) is 16.1. The Morgan fingerprint density at radius 3 is 2.44 bits per heavy atom. The van der Waals surface area contributed by atoms with Gasteiger partial charge in [0.25, 0.3) is 0 Å². The highest BCUT2D eigenvalue weighted by Crippen LogP contribution is 2.16. The van der Waals surface area contributed by atoms with Gasteiger partial charge in [0, 0.05) is 18.3 Å². The van der Waals surface area contributed by atoms with E-state index in [2.05, 4.69) is 25.2 Å². The normalized spacial score (nSPS) is 11.7. The van der Waals surface area contributed by atoms with Gasteiger partial charge in [-0.15, -0.1) is 0 Å². The highest BCUT2D eigenvalue weighted by molar-refractivity contribution is 5.89. The molecule has 0 saturated carbocycles. The standard InChI is InChI=1S/C21H28N2O2/c1-5-17-8-7-9-19(15-17)22-21(24)23(6-2)16(3)14-18-10-12-20(25-4)13-11-18/h7-13,15-16H,5-6,14H2,1-4H3,(H,22,24). The molecule has 0 aromatic heterocycles. The summed E-state index contributed by atoms with van der Waals surface area (Å²) in [5.74, 6) is 0.845. The number of hydrogen-bond donors (Lipinski definition) is 1. The Labute approximate surface area is 150 Å². The summed E-state index contributed by atoms with van der Waals surface area (Å²) in [4.78, 5) is 14.5. The Morgan fingerprint density at radius 1 is 1.12 bits per heavy atom. The summed E-state index contributed by atoms with van der Waals surface area (Å²) in [6.45, 7) is 6.86. The predicted molar refractivity (Wildman–Crippen MR) is 103 cm³/mol. The number of likely N-dealkylation sites (N-methyl/N-ethyl adjacent to an activating group) is 1. The van der Waals surface area contributed by atoms with Crippen molar-refractivity contribution in [3.63, 3.8) is 0 Å². The molecule has 1 unspecified atom stereocenters. The average Bonchev–Trinajstić information content (AvgIpc) is 2.63. The molecule has 0 bridgehead atoms. The van der Waals surface area contributed by atoms with Crippen LogP contribution in [0.5, 0.6) is 5.75 Å². The SMILES string of the molecule is CCc1cccc(NC(=O)N(CC)C(C)Cc2ccc(OC)cc2)c1. The molecule has 134 valence electrons. The van der Waals surface area contributed by atoms with Crippen molar-refractivity contribution in [2.75, 3.05) is 19.0 Å². The number of rotatable bonds is 7. The van der Waals surface area contributed by atoms with Gasteiger partial charge in [-0.3, -0.25) is 0 Å². The smallest absolute Gasteiger partial charge is 0.322 e. The Morgan fingerprint density at radius 2 is 1.84 bits per heavy atom. The van der Waals surface area contributed by atoms with Crippen LogP contribution in [0.4, 0.5) is 10.5 Å². The van der Waals surface area contributed by atoms with Crippen LogP contribution in [0.15, 0.2) is 48.5 Å². The summed E-state index contributed by atoms with van der Waals surface area (Å²) in [6.07, 6.45) is 1.76. The second kappa shape index (κ2) is 9.11. The first-order chi connectivity index (χ1) is 12.1. The molecule has 0 aliphatic heterocycles. The lowest BCUT2D eigenvalue weighted by atomic mass is 10.1. The quantitative estimate of drug-likeness (QED) is 0.791. The van der Waals surface area contributed by atoms with E-state index in [1.165, 1.54) is 11.1 Å². The van der Waals surface area contributed by atoms with Gasteiger partial charge in [0.1, 0.15) is 5.75 Å². The van der Waals surface area contributed by atoms with Crippen molar-refractivity contribution in [1.29, 1.82) is 0 Å². The van der Waals surface area contributed by atoms with E-state index in [0.717, 1.165) is 24.3 Å². The molecule has 25 heavy (non-hydrogen) atoms. The number of anilines is 1. The van der Waals surface area contributed by atoms with Gasteiger partial charge in [0.15, 0.2) is 0 Å². The summed E-state index contributed by atoms with van der Waals surface area (Å²) >= 11 is 0. The molecule has 4 heteroatoms. The summed E-state index contributed by atoms with van der Waals surface area (Å²) in [5, 5.41) is 3.02. The molecule has 1 atom stereocenters. The number of methoxy groups -OCH3 is 1. The average molecular weight is 340 g/mol. The van der Waals surface area contributed by atoms with Crippen LogP contribution in [0.25, 0.3) is 0 Å². The maximum Gasteiger partial charge on any atom is 0.322 e. The first kappa shape index (κ1) is 18.8. The number of ether oxygens (including phenoxy) is 1. The van der Waals surface area contributed by atoms with Crippen molar-refractivity contribution < 1.29 is 9.53 Å². The number of carbonyl (C=O) groups is 1. The third-order valence-electron chi connectivity index (χ3n) is 4.41. The zero-order chi connectivity index (χ0) is 18.2. The third-order valence-corrected chi connectivity index (χ3v) is 4.41. The molecule has 2 rings (SSSR count). The van der Waals surface area contributed by atoms with Gasteiger partial charge in [-0.1, -0.05) is 31.2 Å². The van der Waals surface area contributed by atoms with Crippen molar-refractivity contribution in [1.82, 2.24) is 4.90 Å². The lowest BCUT2D eigenvalue weighted by Gasteiger charge is -2.28. The van der Waals surface area contributed by atoms with E-state index in [9.17, 15) is 4.79 Å². The number of nitrogens with one attached hydrogen (secondary N) is 1. The monoisotopic (exact) mass is 340 g/mol. The highest BCUT2D eigenvalue weighted by Gasteiger charge is 2.19. The molecular formula is C21H28N2O2. The number of urea groups is 1. The van der Waals surface area contributed by atoms with Crippen LogP contribution in [-0.2, 0) is 12.8 Å². The molecule has 1 N–H and O–H groups in total. The van der Waals surface area contributed by atoms with E-state index in [4.69, 9.17) is 4.74 Å². The molecule has 0 saturated heterocycles. The Hall–Kier alpha value is -2.49. The number of benzene rings is 2. The van der Waals surface area contributed by atoms with Gasteiger partial charge in [0.2, 0.25) is 0 Å². The summed E-state index contributed by atoms with van der Waals surface area (Å²) in [7, 11) is 1.66. The van der Waals surface area contributed by atoms with Crippen molar-refractivity contribution in [2.24, 2.45) is 0 Å². The molecule has 0 aliphatic rings. The van der Waals surface area contributed by atoms with Crippen molar-refractivity contribution in [3.8, 4) is 5.75 Å². The molecule has 0 radical (unpaired) electrons. The topological polar surface area (TPSA) is 41.6 Å². The Balaban J connectivity index is 2.01. The Kier molecular flexibility index (Phi) is 6.87. The fourth-order valence-electron chi connectivity index (χ4n) is 2.93. The zero-order valence-electron chi connectivity index (χ0n) is 15.6. The molecule has 4 nitrogen and oxygen atoms in total. The first-order valence-corrected chi connectivity index (χ1v) is 8.86. The molecule has 0 spiro atoms. The lowest BCUT2D eigenvalue weighted by molar-refractivity contribution is 0.196. The molecule has 0 fully saturated rings. The molecule has 0 heterocycles. The van der Waals surface area contributed by atoms with Gasteiger partial charge >= 0.3 is 6.03 Å². The minimum atomic E-state index is -0.0586. The van der Waals surface area contributed by atoms with Crippen LogP contribution in [0.2, 0.25) is 0 Å². The fourth-order valence-corrected chi connectivity index (χ4v) is 2.93. The maximum absolute atomic E-state index is 12.7. The van der Waals surface area contributed by atoms with Crippen LogP contribution < -0.4 is 10.1 Å². The van der Waals surface area contributed by atoms with Crippen LogP contribution >= 0.6 is 0 Å². The van der Waals surface area contributed by atoms with E-state index in [1.807, 2.05) is 54.3 Å². The molecular weight excluding hydrogens is 312 g/mol. The summed E-state index contributed by atoms with van der Waals surface area (Å²) in [5.41, 5.74) is 3.25. The van der Waals surface area contributed by atoms with Gasteiger partial charge in [-0.2, -0.15) is 0 Å². The zero-order valence-corrected chi connectivity index (χ0v) is 15.6. The van der Waals surface area contributed by atoms with E-state index >= 15 is 0 Å². The first-order valence-electron chi connectivity index (χ1n) is 8.86. The summed E-state index contributed by atoms with van der Waals surface area (Å²) < 4.78 is 5.19. The largest absolute Gasteiger partial charge is 0.497 e. The number of amides is 2. The van der Waals surface area contributed by atoms with Gasteiger partial charge in [0.05, 0.1) is 7.11 Å². The van der Waals surface area contributed by atoms with Crippen LogP contribution in [-0.4, -0.2) is 30.6 Å². The van der Waals surface area contributed by atoms with Crippen LogP contribution in [0.3, 0.4) is 0 Å². The van der Waals surface area contributed by atoms with E-state index in [-0.39, 0.29) is 12.1 Å². The number of carbonyl (C=O) groups excluding carboxylic acids is 1. The molecule has 2 amide bonds. The van der Waals surface area contributed by atoms with Gasteiger partial charge < -0.3 is 15.0 Å². The van der Waals surface area contributed by atoms with E-state index < -0.39 is 0 Å². The van der Waals surface area contributed by atoms with E-state index in [0.29, 0.717) is 6.54 Å². The lowest BCUT2D eigenvalue weighted by Crippen LogP contribution is -2.42. The minimum absolute atomic E-state index is 0.0586. The van der Waals surface area contributed by atoms with Crippen molar-refractivity contribution in [3.05, 3.63) is 59.7 Å². The highest BCUT2D eigenvalue weighted by atomic mass is 16.5. The molecule has 2 aromatic carbocycles. The van der Waals surface area contributed by atoms with Gasteiger partial charge in [-0.25, -0.2) is 4.79 Å². The van der Waals surface area contributed by atoms with E-state index in [1.54, 1.807) is 7.11 Å². The predicted octanol–water partition coefficient (Wildman–Crippen LogP) is 4.74. The molecule has 0 aliphatic carbocycles. The third kappa shape index (κ3) is 5.24. The van der Waals surface area contributed by atoms with Gasteiger partial charge in [-0.05, 0) is 62.1 Å². The second-order valence-electron chi connectivity index (χ2n) is 6.17. The number of aryl methyl sites for hydroxylation is 1. The van der Waals surface area contributed by atoms with Crippen LogP contribution in [0.1, 0.15) is 31.9 Å².